The molecular formula is C15H27N. The topological polar surface area (TPSA) is 26.0 Å². The molecule has 0 fully saturated rings. The Hall–Kier alpha value is -0.560. The fourth-order valence-corrected chi connectivity index (χ4v) is 2.29. The molecule has 1 aliphatic rings. The number of hydrogen-bond acceptors (Lipinski definition) is 1. The standard InChI is InChI=1S/C15H27N/c1-13-8-6-4-3-5-7-9-15(16)11-10-14(2)12-13/h4,6,12-13,15H,3,5,7-11,16H2,1-2H3/b6-4-,14-12-. The summed E-state index contributed by atoms with van der Waals surface area (Å²) in [5, 5.41) is 0. The van der Waals surface area contributed by atoms with Gasteiger partial charge in [-0.3, -0.25) is 0 Å². The Kier molecular flexibility index (Phi) is 6.47. The number of allylic oxidation sites excluding steroid dienone is 4. The summed E-state index contributed by atoms with van der Waals surface area (Å²) >= 11 is 0. The molecule has 0 heterocycles. The van der Waals surface area contributed by atoms with Gasteiger partial charge in [-0.15, -0.1) is 0 Å². The molecule has 1 rings (SSSR count). The van der Waals surface area contributed by atoms with Crippen molar-refractivity contribution in [2.24, 2.45) is 11.7 Å². The monoisotopic (exact) mass is 221 g/mol. The largest absolute Gasteiger partial charge is 0.328 e. The summed E-state index contributed by atoms with van der Waals surface area (Å²) in [6, 6.07) is 0.406. The molecule has 0 saturated heterocycles. The molecule has 1 nitrogen and oxygen atoms in total. The summed E-state index contributed by atoms with van der Waals surface area (Å²) in [5.41, 5.74) is 7.62. The first-order valence-electron chi connectivity index (χ1n) is 6.76. The Morgan fingerprint density at radius 1 is 1.19 bits per heavy atom. The molecular weight excluding hydrogens is 194 g/mol. The summed E-state index contributed by atoms with van der Waals surface area (Å²) in [6.07, 6.45) is 15.6. The summed E-state index contributed by atoms with van der Waals surface area (Å²) in [4.78, 5) is 0. The van der Waals surface area contributed by atoms with Crippen LogP contribution in [0.15, 0.2) is 23.8 Å². The minimum Gasteiger partial charge on any atom is -0.328 e. The van der Waals surface area contributed by atoms with Gasteiger partial charge in [-0.2, -0.15) is 0 Å². The zero-order valence-corrected chi connectivity index (χ0v) is 10.9. The Balaban J connectivity index is 2.51. The molecule has 0 amide bonds. The van der Waals surface area contributed by atoms with E-state index in [1.165, 1.54) is 44.1 Å². The smallest absolute Gasteiger partial charge is 0.00418 e. The zero-order valence-electron chi connectivity index (χ0n) is 10.9. The SMILES string of the molecule is C/C1=C/C(C)C/C=C\CCCCC(N)CC1. The molecule has 0 aromatic rings. The van der Waals surface area contributed by atoms with Crippen LogP contribution < -0.4 is 5.73 Å². The van der Waals surface area contributed by atoms with E-state index in [4.69, 9.17) is 5.73 Å². The van der Waals surface area contributed by atoms with E-state index < -0.39 is 0 Å². The van der Waals surface area contributed by atoms with Gasteiger partial charge in [0.2, 0.25) is 0 Å². The fraction of sp³-hybridized carbons (Fsp3) is 0.733. The predicted molar refractivity (Wildman–Crippen MR) is 72.4 cm³/mol. The highest BCUT2D eigenvalue weighted by Crippen LogP contribution is 2.16. The van der Waals surface area contributed by atoms with Crippen molar-refractivity contribution in [1.82, 2.24) is 0 Å². The molecule has 0 spiro atoms. The quantitative estimate of drug-likeness (QED) is 0.610. The van der Waals surface area contributed by atoms with E-state index in [-0.39, 0.29) is 0 Å². The summed E-state index contributed by atoms with van der Waals surface area (Å²) in [6.45, 7) is 4.54. The van der Waals surface area contributed by atoms with E-state index >= 15 is 0 Å². The third kappa shape index (κ3) is 6.12. The van der Waals surface area contributed by atoms with Crippen LogP contribution in [0, 0.1) is 5.92 Å². The Morgan fingerprint density at radius 2 is 2.00 bits per heavy atom. The lowest BCUT2D eigenvalue weighted by Gasteiger charge is -2.11. The van der Waals surface area contributed by atoms with Gasteiger partial charge in [0.25, 0.3) is 0 Å². The molecule has 0 aromatic heterocycles. The van der Waals surface area contributed by atoms with E-state index in [0.717, 1.165) is 6.42 Å². The van der Waals surface area contributed by atoms with Crippen molar-refractivity contribution in [1.29, 1.82) is 0 Å². The van der Waals surface area contributed by atoms with Crippen molar-refractivity contribution >= 4 is 0 Å². The highest BCUT2D eigenvalue weighted by molar-refractivity contribution is 5.02. The average Bonchev–Trinajstić information content (AvgIpc) is 2.25. The van der Waals surface area contributed by atoms with Crippen molar-refractivity contribution in [3.05, 3.63) is 23.8 Å². The molecule has 0 bridgehead atoms. The maximum absolute atomic E-state index is 6.11. The first-order valence-corrected chi connectivity index (χ1v) is 6.76. The van der Waals surface area contributed by atoms with Crippen molar-refractivity contribution < 1.29 is 0 Å². The van der Waals surface area contributed by atoms with Crippen LogP contribution in [0.25, 0.3) is 0 Å². The Morgan fingerprint density at radius 3 is 2.81 bits per heavy atom. The number of hydrogen-bond donors (Lipinski definition) is 1. The van der Waals surface area contributed by atoms with Crippen LogP contribution in [0.5, 0.6) is 0 Å². The van der Waals surface area contributed by atoms with Gasteiger partial charge in [0.1, 0.15) is 0 Å². The molecule has 2 atom stereocenters. The minimum absolute atomic E-state index is 0.406. The van der Waals surface area contributed by atoms with Crippen LogP contribution in [0.4, 0.5) is 0 Å². The third-order valence-electron chi connectivity index (χ3n) is 3.35. The Bertz CT molecular complexity index is 240. The summed E-state index contributed by atoms with van der Waals surface area (Å²) in [5.74, 6) is 0.674. The van der Waals surface area contributed by atoms with Crippen LogP contribution in [0.2, 0.25) is 0 Å². The molecule has 0 radical (unpaired) electrons. The molecule has 92 valence electrons. The highest BCUT2D eigenvalue weighted by atomic mass is 14.6. The first kappa shape index (κ1) is 13.5. The minimum atomic E-state index is 0.406. The van der Waals surface area contributed by atoms with Crippen LogP contribution in [0.1, 0.15) is 58.8 Å². The van der Waals surface area contributed by atoms with E-state index in [1.807, 2.05) is 0 Å². The van der Waals surface area contributed by atoms with Crippen LogP contribution in [0.3, 0.4) is 0 Å². The molecule has 16 heavy (non-hydrogen) atoms. The van der Waals surface area contributed by atoms with Crippen molar-refractivity contribution in [2.75, 3.05) is 0 Å². The second kappa shape index (κ2) is 7.67. The maximum atomic E-state index is 6.11. The van der Waals surface area contributed by atoms with Gasteiger partial charge in [0.05, 0.1) is 0 Å². The average molecular weight is 221 g/mol. The van der Waals surface area contributed by atoms with E-state index in [2.05, 4.69) is 32.1 Å². The Labute approximate surface area is 101 Å². The van der Waals surface area contributed by atoms with Crippen LogP contribution >= 0.6 is 0 Å². The van der Waals surface area contributed by atoms with E-state index in [9.17, 15) is 0 Å². The lowest BCUT2D eigenvalue weighted by atomic mass is 9.99. The van der Waals surface area contributed by atoms with E-state index in [0.29, 0.717) is 12.0 Å². The molecule has 0 aromatic carbocycles. The summed E-state index contributed by atoms with van der Waals surface area (Å²) < 4.78 is 0. The first-order chi connectivity index (χ1) is 7.68. The molecule has 1 heteroatoms. The predicted octanol–water partition coefficient (Wildman–Crippen LogP) is 4.20. The highest BCUT2D eigenvalue weighted by Gasteiger charge is 2.04. The molecule has 2 unspecified atom stereocenters. The second-order valence-corrected chi connectivity index (χ2v) is 5.28. The van der Waals surface area contributed by atoms with Crippen molar-refractivity contribution in [3.63, 3.8) is 0 Å². The van der Waals surface area contributed by atoms with Crippen molar-refractivity contribution in [2.45, 2.75) is 64.8 Å². The zero-order chi connectivity index (χ0) is 11.8. The number of rotatable bonds is 0. The van der Waals surface area contributed by atoms with Gasteiger partial charge in [-0.1, -0.05) is 37.1 Å². The van der Waals surface area contributed by atoms with Gasteiger partial charge in [0, 0.05) is 6.04 Å². The van der Waals surface area contributed by atoms with Gasteiger partial charge in [0.15, 0.2) is 0 Å². The molecule has 0 aliphatic heterocycles. The van der Waals surface area contributed by atoms with Crippen molar-refractivity contribution in [3.8, 4) is 0 Å². The van der Waals surface area contributed by atoms with Crippen LogP contribution in [-0.4, -0.2) is 6.04 Å². The van der Waals surface area contributed by atoms with Gasteiger partial charge < -0.3 is 5.73 Å². The molecule has 0 saturated carbocycles. The molecule has 1 aliphatic carbocycles. The lowest BCUT2D eigenvalue weighted by Crippen LogP contribution is -2.19. The number of nitrogens with two attached hydrogens (primary N) is 1. The normalized spacial score (nSPS) is 35.1. The fourth-order valence-electron chi connectivity index (χ4n) is 2.29. The third-order valence-corrected chi connectivity index (χ3v) is 3.35. The second-order valence-electron chi connectivity index (χ2n) is 5.28. The van der Waals surface area contributed by atoms with Gasteiger partial charge in [-0.25, -0.2) is 0 Å². The summed E-state index contributed by atoms with van der Waals surface area (Å²) in [7, 11) is 0. The van der Waals surface area contributed by atoms with E-state index in [1.54, 1.807) is 0 Å². The maximum Gasteiger partial charge on any atom is 0.00418 e. The van der Waals surface area contributed by atoms with Gasteiger partial charge >= 0.3 is 0 Å². The van der Waals surface area contributed by atoms with Crippen LogP contribution in [-0.2, 0) is 0 Å². The lowest BCUT2D eigenvalue weighted by molar-refractivity contribution is 0.532. The van der Waals surface area contributed by atoms with Gasteiger partial charge in [-0.05, 0) is 51.4 Å². The molecule has 2 N–H and O–H groups in total.